The van der Waals surface area contributed by atoms with E-state index in [2.05, 4.69) is 63.3 Å². The normalized spacial score (nSPS) is 18.8. The number of para-hydroxylation sites is 1. The maximum absolute atomic E-state index is 6.13. The van der Waals surface area contributed by atoms with E-state index in [1.807, 2.05) is 18.2 Å². The van der Waals surface area contributed by atoms with Gasteiger partial charge in [-0.05, 0) is 76.9 Å². The van der Waals surface area contributed by atoms with E-state index in [9.17, 15) is 0 Å². The van der Waals surface area contributed by atoms with Gasteiger partial charge < -0.3 is 14.8 Å². The van der Waals surface area contributed by atoms with E-state index in [0.717, 1.165) is 34.7 Å². The van der Waals surface area contributed by atoms with Crippen LogP contribution in [-0.2, 0) is 4.74 Å². The Labute approximate surface area is 177 Å². The van der Waals surface area contributed by atoms with Crippen LogP contribution in [0, 0.1) is 0 Å². The fraction of sp³-hybridized carbons (Fsp3) is 0.458. The molecule has 4 nitrogen and oxygen atoms in total. The molecule has 1 fully saturated rings. The Bertz CT molecular complexity index is 913. The molecule has 0 spiro atoms. The van der Waals surface area contributed by atoms with Crippen molar-refractivity contribution >= 4 is 21.6 Å². The smallest absolute Gasteiger partial charge is 0.124 e. The molecule has 0 unspecified atom stereocenters. The predicted octanol–water partition coefficient (Wildman–Crippen LogP) is 5.67. The van der Waals surface area contributed by atoms with Crippen molar-refractivity contribution in [1.82, 2.24) is 10.3 Å². The molecular weight excluding hydrogens is 380 g/mol. The van der Waals surface area contributed by atoms with Gasteiger partial charge in [-0.3, -0.25) is 0 Å². The van der Waals surface area contributed by atoms with Crippen LogP contribution in [0.15, 0.2) is 48.5 Å². The molecule has 1 aromatic heterocycles. The lowest BCUT2D eigenvalue weighted by molar-refractivity contribution is -0.0305. The number of nitrogens with zero attached hydrogens (tertiary/aromatic N) is 1. The van der Waals surface area contributed by atoms with Crippen LogP contribution in [0.4, 0.5) is 0 Å². The van der Waals surface area contributed by atoms with Gasteiger partial charge >= 0.3 is 0 Å². The predicted molar refractivity (Wildman–Crippen MR) is 121 cm³/mol. The SMILES string of the molecule is CC1(C)CC(OCCOc2ccc(-c3nc4ccccc4s3)cc2)CC(C)(C)N1. The molecule has 0 atom stereocenters. The number of aromatic nitrogens is 1. The molecule has 0 radical (unpaired) electrons. The van der Waals surface area contributed by atoms with Crippen molar-refractivity contribution in [3.63, 3.8) is 0 Å². The summed E-state index contributed by atoms with van der Waals surface area (Å²) in [5, 5.41) is 4.73. The van der Waals surface area contributed by atoms with Gasteiger partial charge in [0.2, 0.25) is 0 Å². The van der Waals surface area contributed by atoms with E-state index in [0.29, 0.717) is 13.2 Å². The average Bonchev–Trinajstić information content (AvgIpc) is 3.07. The number of benzene rings is 2. The van der Waals surface area contributed by atoms with Gasteiger partial charge in [0.25, 0.3) is 0 Å². The summed E-state index contributed by atoms with van der Waals surface area (Å²) >= 11 is 1.72. The van der Waals surface area contributed by atoms with E-state index in [-0.39, 0.29) is 17.2 Å². The van der Waals surface area contributed by atoms with E-state index in [4.69, 9.17) is 14.5 Å². The minimum atomic E-state index is 0.101. The van der Waals surface area contributed by atoms with Gasteiger partial charge in [0.05, 0.1) is 22.9 Å². The number of hydrogen-bond acceptors (Lipinski definition) is 5. The third kappa shape index (κ3) is 5.16. The van der Waals surface area contributed by atoms with Gasteiger partial charge in [0, 0.05) is 16.6 Å². The van der Waals surface area contributed by atoms with Crippen molar-refractivity contribution < 1.29 is 9.47 Å². The molecule has 154 valence electrons. The molecule has 0 bridgehead atoms. The minimum absolute atomic E-state index is 0.101. The van der Waals surface area contributed by atoms with Crippen LogP contribution in [0.2, 0.25) is 0 Å². The van der Waals surface area contributed by atoms with E-state index < -0.39 is 0 Å². The van der Waals surface area contributed by atoms with Crippen molar-refractivity contribution in [2.24, 2.45) is 0 Å². The fourth-order valence-electron chi connectivity index (χ4n) is 4.41. The summed E-state index contributed by atoms with van der Waals surface area (Å²) in [6, 6.07) is 16.4. The first-order chi connectivity index (χ1) is 13.8. The van der Waals surface area contributed by atoms with Crippen molar-refractivity contribution in [2.45, 2.75) is 57.7 Å². The Balaban J connectivity index is 1.28. The Kier molecular flexibility index (Phi) is 5.65. The van der Waals surface area contributed by atoms with Crippen LogP contribution in [0.25, 0.3) is 20.8 Å². The maximum Gasteiger partial charge on any atom is 0.124 e. The second kappa shape index (κ2) is 8.05. The lowest BCUT2D eigenvalue weighted by Crippen LogP contribution is -2.59. The first-order valence-corrected chi connectivity index (χ1v) is 11.1. The maximum atomic E-state index is 6.13. The summed E-state index contributed by atoms with van der Waals surface area (Å²) in [7, 11) is 0. The Morgan fingerprint density at radius 2 is 1.66 bits per heavy atom. The summed E-state index contributed by atoms with van der Waals surface area (Å²) in [6.45, 7) is 10.1. The van der Waals surface area contributed by atoms with Crippen LogP contribution in [0.5, 0.6) is 5.75 Å². The van der Waals surface area contributed by atoms with Crippen LogP contribution < -0.4 is 10.1 Å². The van der Waals surface area contributed by atoms with Crippen molar-refractivity contribution in [3.05, 3.63) is 48.5 Å². The lowest BCUT2D eigenvalue weighted by Gasteiger charge is -2.46. The number of ether oxygens (including phenoxy) is 2. The first kappa shape index (κ1) is 20.3. The number of thiazole rings is 1. The quantitative estimate of drug-likeness (QED) is 0.532. The molecule has 0 amide bonds. The zero-order chi connectivity index (χ0) is 20.5. The molecule has 5 heteroatoms. The average molecular weight is 411 g/mol. The van der Waals surface area contributed by atoms with Gasteiger partial charge in [-0.15, -0.1) is 11.3 Å². The summed E-state index contributed by atoms with van der Waals surface area (Å²) in [5.41, 5.74) is 2.37. The molecule has 2 heterocycles. The van der Waals surface area contributed by atoms with Crippen molar-refractivity contribution in [1.29, 1.82) is 0 Å². The molecule has 0 saturated carbocycles. The molecule has 2 aromatic carbocycles. The number of nitrogens with one attached hydrogen (secondary N) is 1. The number of fused-ring (bicyclic) bond motifs is 1. The molecule has 1 N–H and O–H groups in total. The molecule has 0 aliphatic carbocycles. The molecule has 1 aliphatic rings. The molecule has 1 aliphatic heterocycles. The number of hydrogen-bond donors (Lipinski definition) is 1. The zero-order valence-electron chi connectivity index (χ0n) is 17.7. The van der Waals surface area contributed by atoms with E-state index >= 15 is 0 Å². The van der Waals surface area contributed by atoms with E-state index in [1.165, 1.54) is 4.70 Å². The summed E-state index contributed by atoms with van der Waals surface area (Å²) < 4.78 is 13.2. The highest BCUT2D eigenvalue weighted by Crippen LogP contribution is 2.31. The Hall–Kier alpha value is -1.95. The molecule has 1 saturated heterocycles. The van der Waals surface area contributed by atoms with Crippen molar-refractivity contribution in [2.75, 3.05) is 13.2 Å². The molecule has 4 rings (SSSR count). The highest BCUT2D eigenvalue weighted by atomic mass is 32.1. The topological polar surface area (TPSA) is 43.4 Å². The first-order valence-electron chi connectivity index (χ1n) is 10.3. The van der Waals surface area contributed by atoms with E-state index in [1.54, 1.807) is 11.3 Å². The molecular formula is C24H30N2O2S. The highest BCUT2D eigenvalue weighted by Gasteiger charge is 2.37. The fourth-order valence-corrected chi connectivity index (χ4v) is 5.38. The van der Waals surface area contributed by atoms with Gasteiger partial charge in [0.1, 0.15) is 17.4 Å². The molecule has 3 aromatic rings. The third-order valence-electron chi connectivity index (χ3n) is 5.25. The molecule has 29 heavy (non-hydrogen) atoms. The van der Waals surface area contributed by atoms with Gasteiger partial charge in [-0.2, -0.15) is 0 Å². The van der Waals surface area contributed by atoms with Crippen LogP contribution in [-0.4, -0.2) is 35.4 Å². The third-order valence-corrected chi connectivity index (χ3v) is 6.34. The monoisotopic (exact) mass is 410 g/mol. The van der Waals surface area contributed by atoms with Gasteiger partial charge in [-0.25, -0.2) is 4.98 Å². The Morgan fingerprint density at radius 3 is 2.34 bits per heavy atom. The number of rotatable bonds is 6. The number of piperidine rings is 1. The zero-order valence-corrected chi connectivity index (χ0v) is 18.5. The largest absolute Gasteiger partial charge is 0.491 e. The standard InChI is InChI=1S/C24H30N2O2S/c1-23(2)15-19(16-24(3,4)26-23)28-14-13-27-18-11-9-17(10-12-18)22-25-20-7-5-6-8-21(20)29-22/h5-12,19,26H,13-16H2,1-4H3. The summed E-state index contributed by atoms with van der Waals surface area (Å²) in [4.78, 5) is 4.72. The minimum Gasteiger partial charge on any atom is -0.491 e. The summed E-state index contributed by atoms with van der Waals surface area (Å²) in [6.07, 6.45) is 2.31. The lowest BCUT2D eigenvalue weighted by atomic mass is 9.81. The highest BCUT2D eigenvalue weighted by molar-refractivity contribution is 7.21. The Morgan fingerprint density at radius 1 is 0.966 bits per heavy atom. The van der Waals surface area contributed by atoms with Crippen LogP contribution >= 0.6 is 11.3 Å². The van der Waals surface area contributed by atoms with Crippen LogP contribution in [0.1, 0.15) is 40.5 Å². The van der Waals surface area contributed by atoms with Crippen LogP contribution in [0.3, 0.4) is 0 Å². The summed E-state index contributed by atoms with van der Waals surface area (Å²) in [5.74, 6) is 0.865. The van der Waals surface area contributed by atoms with Gasteiger partial charge in [-0.1, -0.05) is 12.1 Å². The van der Waals surface area contributed by atoms with Gasteiger partial charge in [0.15, 0.2) is 0 Å². The van der Waals surface area contributed by atoms with Crippen molar-refractivity contribution in [3.8, 4) is 16.3 Å². The second-order valence-electron chi connectivity index (χ2n) is 9.15. The second-order valence-corrected chi connectivity index (χ2v) is 10.2.